The van der Waals surface area contributed by atoms with E-state index in [1.807, 2.05) is 0 Å². The summed E-state index contributed by atoms with van der Waals surface area (Å²) in [5.74, 6) is -1.75. The minimum Gasteiger partial charge on any atom is -0.379 e. The Labute approximate surface area is 70.2 Å². The Morgan fingerprint density at radius 3 is 2.92 bits per heavy atom. The summed E-state index contributed by atoms with van der Waals surface area (Å²) in [5, 5.41) is 0. The van der Waals surface area contributed by atoms with E-state index in [1.165, 1.54) is 0 Å². The van der Waals surface area contributed by atoms with Gasteiger partial charge in [-0.25, -0.2) is 4.39 Å². The van der Waals surface area contributed by atoms with Crippen LogP contribution in [0, 0.1) is 0 Å². The molecule has 0 amide bonds. The second kappa shape index (κ2) is 3.83. The zero-order valence-corrected chi connectivity index (χ0v) is 7.67. The molecule has 2 unspecified atom stereocenters. The van der Waals surface area contributed by atoms with E-state index in [0.717, 1.165) is 0 Å². The van der Waals surface area contributed by atoms with Gasteiger partial charge < -0.3 is 14.2 Å². The Kier molecular flexibility index (Phi) is 3.23. The normalized spacial score (nSPS) is 41.9. The van der Waals surface area contributed by atoms with Crippen molar-refractivity contribution in [1.82, 2.24) is 0 Å². The largest absolute Gasteiger partial charge is 0.379 e. The van der Waals surface area contributed by atoms with Crippen LogP contribution in [0.1, 0.15) is 13.3 Å². The molecule has 6 heteroatoms. The number of rotatable bonds is 3. The van der Waals surface area contributed by atoms with E-state index < -0.39 is 19.6 Å². The maximum Gasteiger partial charge on any atom is 0.362 e. The summed E-state index contributed by atoms with van der Waals surface area (Å²) in [6.07, 6.45) is -0.621. The van der Waals surface area contributed by atoms with Gasteiger partial charge in [0.15, 0.2) is 0 Å². The van der Waals surface area contributed by atoms with Crippen LogP contribution in [0.25, 0.3) is 0 Å². The van der Waals surface area contributed by atoms with Gasteiger partial charge in [-0.1, -0.05) is 0 Å². The second-order valence-corrected chi connectivity index (χ2v) is 4.52. The highest BCUT2D eigenvalue weighted by atomic mass is 31.2. The SMILES string of the molecule is CCOC[C@@H]1CC(F)P(=O)(O)O1. The second-order valence-electron chi connectivity index (χ2n) is 2.62. The predicted octanol–water partition coefficient (Wildman–Crippen LogP) is 1.29. The topological polar surface area (TPSA) is 55.8 Å². The highest BCUT2D eigenvalue weighted by Gasteiger charge is 2.44. The molecule has 0 radical (unpaired) electrons. The fourth-order valence-electron chi connectivity index (χ4n) is 1.02. The predicted molar refractivity (Wildman–Crippen MR) is 40.7 cm³/mol. The summed E-state index contributed by atoms with van der Waals surface area (Å²) >= 11 is 0. The summed E-state index contributed by atoms with van der Waals surface area (Å²) < 4.78 is 33.0. The van der Waals surface area contributed by atoms with Crippen molar-refractivity contribution < 1.29 is 23.1 Å². The molecule has 1 heterocycles. The van der Waals surface area contributed by atoms with Crippen molar-refractivity contribution in [3.63, 3.8) is 0 Å². The number of ether oxygens (including phenoxy) is 1. The van der Waals surface area contributed by atoms with Crippen LogP contribution in [0.2, 0.25) is 0 Å². The number of halogens is 1. The fourth-order valence-corrected chi connectivity index (χ4v) is 2.23. The molecule has 0 spiro atoms. The summed E-state index contributed by atoms with van der Waals surface area (Å²) in [7, 11) is -3.98. The van der Waals surface area contributed by atoms with Crippen molar-refractivity contribution in [2.75, 3.05) is 13.2 Å². The molecule has 1 rings (SSSR count). The molecule has 1 aliphatic rings. The quantitative estimate of drug-likeness (QED) is 0.694. The molecule has 1 fully saturated rings. The first-order chi connectivity index (χ1) is 5.56. The lowest BCUT2D eigenvalue weighted by Crippen LogP contribution is -2.13. The highest BCUT2D eigenvalue weighted by molar-refractivity contribution is 7.53. The number of hydrogen-bond acceptors (Lipinski definition) is 3. The third-order valence-electron chi connectivity index (χ3n) is 1.62. The van der Waals surface area contributed by atoms with Crippen LogP contribution < -0.4 is 0 Å². The summed E-state index contributed by atoms with van der Waals surface area (Å²) in [4.78, 5) is 8.84. The first kappa shape index (κ1) is 10.1. The van der Waals surface area contributed by atoms with Gasteiger partial charge in [0, 0.05) is 13.0 Å². The van der Waals surface area contributed by atoms with E-state index in [1.54, 1.807) is 6.92 Å². The van der Waals surface area contributed by atoms with Crippen LogP contribution in [-0.2, 0) is 13.8 Å². The molecule has 12 heavy (non-hydrogen) atoms. The Bertz CT molecular complexity index is 198. The third-order valence-corrected chi connectivity index (χ3v) is 3.14. The minimum absolute atomic E-state index is 0.0478. The van der Waals surface area contributed by atoms with Crippen molar-refractivity contribution in [2.45, 2.75) is 25.4 Å². The number of alkyl halides is 1. The van der Waals surface area contributed by atoms with Crippen LogP contribution in [-0.4, -0.2) is 30.1 Å². The van der Waals surface area contributed by atoms with Gasteiger partial charge in [-0.3, -0.25) is 4.57 Å². The van der Waals surface area contributed by atoms with Gasteiger partial charge in [0.05, 0.1) is 12.7 Å². The van der Waals surface area contributed by atoms with Crippen molar-refractivity contribution in [3.8, 4) is 0 Å². The van der Waals surface area contributed by atoms with Crippen LogP contribution in [0.5, 0.6) is 0 Å². The monoisotopic (exact) mass is 198 g/mol. The smallest absolute Gasteiger partial charge is 0.362 e. The zero-order chi connectivity index (χ0) is 9.19. The van der Waals surface area contributed by atoms with Crippen molar-refractivity contribution in [1.29, 1.82) is 0 Å². The van der Waals surface area contributed by atoms with Crippen molar-refractivity contribution in [3.05, 3.63) is 0 Å². The maximum atomic E-state index is 12.7. The van der Waals surface area contributed by atoms with Gasteiger partial charge in [-0.15, -0.1) is 0 Å². The molecule has 1 saturated heterocycles. The maximum absolute atomic E-state index is 12.7. The molecular weight excluding hydrogens is 186 g/mol. The van der Waals surface area contributed by atoms with Crippen molar-refractivity contribution >= 4 is 7.60 Å². The molecule has 1 N–H and O–H groups in total. The van der Waals surface area contributed by atoms with E-state index in [0.29, 0.717) is 6.61 Å². The average molecular weight is 198 g/mol. The molecule has 0 saturated carbocycles. The molecule has 3 atom stereocenters. The van der Waals surface area contributed by atoms with E-state index >= 15 is 0 Å². The minimum atomic E-state index is -3.98. The van der Waals surface area contributed by atoms with Gasteiger partial charge in [0.2, 0.25) is 5.91 Å². The molecule has 1 aliphatic heterocycles. The summed E-state index contributed by atoms with van der Waals surface area (Å²) in [6, 6.07) is 0. The summed E-state index contributed by atoms with van der Waals surface area (Å²) in [6.45, 7) is 2.47. The molecule has 0 aromatic carbocycles. The van der Waals surface area contributed by atoms with E-state index in [4.69, 9.17) is 9.63 Å². The molecular formula is C6H12FO4P. The third kappa shape index (κ3) is 2.26. The van der Waals surface area contributed by atoms with Crippen LogP contribution in [0.3, 0.4) is 0 Å². The molecule has 72 valence electrons. The van der Waals surface area contributed by atoms with Crippen LogP contribution in [0.15, 0.2) is 0 Å². The van der Waals surface area contributed by atoms with Gasteiger partial charge in [-0.05, 0) is 6.92 Å². The molecule has 0 bridgehead atoms. The molecule has 4 nitrogen and oxygen atoms in total. The van der Waals surface area contributed by atoms with E-state index in [9.17, 15) is 8.96 Å². The summed E-state index contributed by atoms with van der Waals surface area (Å²) in [5.41, 5.74) is 0. The van der Waals surface area contributed by atoms with Crippen LogP contribution in [0.4, 0.5) is 4.39 Å². The van der Waals surface area contributed by atoms with Gasteiger partial charge >= 0.3 is 7.60 Å². The van der Waals surface area contributed by atoms with Gasteiger partial charge in [0.25, 0.3) is 0 Å². The average Bonchev–Trinajstić information content (AvgIpc) is 2.22. The molecule has 0 aliphatic carbocycles. The van der Waals surface area contributed by atoms with Gasteiger partial charge in [0.1, 0.15) is 0 Å². The lowest BCUT2D eigenvalue weighted by atomic mass is 10.3. The lowest BCUT2D eigenvalue weighted by Gasteiger charge is -2.08. The first-order valence-electron chi connectivity index (χ1n) is 3.79. The van der Waals surface area contributed by atoms with E-state index in [-0.39, 0.29) is 13.0 Å². The molecule has 0 aromatic rings. The van der Waals surface area contributed by atoms with Crippen molar-refractivity contribution in [2.24, 2.45) is 0 Å². The number of hydrogen-bond donors (Lipinski definition) is 1. The Balaban J connectivity index is 2.39. The molecule has 0 aromatic heterocycles. The Morgan fingerprint density at radius 2 is 2.50 bits per heavy atom. The standard InChI is InChI=1S/C6H12FO4P/c1-2-10-4-5-3-6(7)12(8,9)11-5/h5-6H,2-4H2,1H3,(H,8,9)/t5-,6?/m0/s1. The Morgan fingerprint density at radius 1 is 1.83 bits per heavy atom. The first-order valence-corrected chi connectivity index (χ1v) is 5.43. The lowest BCUT2D eigenvalue weighted by molar-refractivity contribution is 0.0610. The fraction of sp³-hybridized carbons (Fsp3) is 1.00. The van der Waals surface area contributed by atoms with Gasteiger partial charge in [-0.2, -0.15) is 0 Å². The highest BCUT2D eigenvalue weighted by Crippen LogP contribution is 2.56. The Hall–Kier alpha value is 0.0400. The zero-order valence-electron chi connectivity index (χ0n) is 6.77. The van der Waals surface area contributed by atoms with Crippen LogP contribution >= 0.6 is 7.60 Å². The van der Waals surface area contributed by atoms with E-state index in [2.05, 4.69) is 4.52 Å².